The van der Waals surface area contributed by atoms with E-state index in [-0.39, 0.29) is 12.3 Å². The van der Waals surface area contributed by atoms with E-state index in [1.54, 1.807) is 11.8 Å². The number of nitrogens with zero attached hydrogens (tertiary/aromatic N) is 1. The molecule has 6 heteroatoms. The molecule has 2 aromatic rings. The van der Waals surface area contributed by atoms with Crippen molar-refractivity contribution in [2.75, 3.05) is 6.26 Å². The fourth-order valence-corrected chi connectivity index (χ4v) is 2.25. The third-order valence-electron chi connectivity index (χ3n) is 2.71. The molecule has 0 unspecified atom stereocenters. The van der Waals surface area contributed by atoms with Crippen LogP contribution in [0, 0.1) is 10.1 Å². The normalized spacial score (nSPS) is 10.3. The summed E-state index contributed by atoms with van der Waals surface area (Å²) in [4.78, 5) is 11.2. The van der Waals surface area contributed by atoms with Crippen LogP contribution in [0.25, 0.3) is 0 Å². The number of non-ortho nitro benzene ring substituents is 1. The second kappa shape index (κ2) is 6.40. The van der Waals surface area contributed by atoms with Gasteiger partial charge in [0, 0.05) is 22.6 Å². The molecular weight excluding hydrogens is 278 g/mol. The molecule has 2 rings (SSSR count). The molecule has 5 nitrogen and oxygen atoms in total. The molecule has 104 valence electrons. The van der Waals surface area contributed by atoms with E-state index in [4.69, 9.17) is 4.74 Å². The van der Waals surface area contributed by atoms with E-state index < -0.39 is 4.92 Å². The van der Waals surface area contributed by atoms with Gasteiger partial charge in [0.05, 0.1) is 11.5 Å². The van der Waals surface area contributed by atoms with Crippen LogP contribution in [0.3, 0.4) is 0 Å². The highest BCUT2D eigenvalue weighted by Crippen LogP contribution is 2.34. The number of para-hydroxylation sites is 1. The monoisotopic (exact) mass is 291 g/mol. The fourth-order valence-electron chi connectivity index (χ4n) is 1.72. The number of rotatable bonds is 5. The van der Waals surface area contributed by atoms with Gasteiger partial charge in [-0.15, -0.1) is 11.8 Å². The van der Waals surface area contributed by atoms with E-state index in [0.29, 0.717) is 17.1 Å². The van der Waals surface area contributed by atoms with Crippen molar-refractivity contribution in [3.63, 3.8) is 0 Å². The molecule has 0 radical (unpaired) electrons. The van der Waals surface area contributed by atoms with Gasteiger partial charge in [-0.25, -0.2) is 0 Å². The lowest BCUT2D eigenvalue weighted by Crippen LogP contribution is -1.95. The van der Waals surface area contributed by atoms with Crippen molar-refractivity contribution in [2.24, 2.45) is 0 Å². The molecule has 0 amide bonds. The van der Waals surface area contributed by atoms with Crippen LogP contribution in [0.15, 0.2) is 47.4 Å². The largest absolute Gasteiger partial charge is 0.456 e. The molecule has 0 aromatic heterocycles. The lowest BCUT2D eigenvalue weighted by Gasteiger charge is -2.12. The number of nitro groups is 1. The topological polar surface area (TPSA) is 72.6 Å². The van der Waals surface area contributed by atoms with Crippen molar-refractivity contribution in [3.8, 4) is 11.5 Å². The van der Waals surface area contributed by atoms with Crippen molar-refractivity contribution in [2.45, 2.75) is 11.5 Å². The van der Waals surface area contributed by atoms with Gasteiger partial charge in [-0.2, -0.15) is 0 Å². The zero-order valence-electron chi connectivity index (χ0n) is 10.8. The van der Waals surface area contributed by atoms with Gasteiger partial charge in [0.1, 0.15) is 11.5 Å². The van der Waals surface area contributed by atoms with Gasteiger partial charge < -0.3 is 9.84 Å². The minimum atomic E-state index is -0.501. The summed E-state index contributed by atoms with van der Waals surface area (Å²) in [6.07, 6.45) is 1.94. The van der Waals surface area contributed by atoms with Gasteiger partial charge in [0.2, 0.25) is 0 Å². The lowest BCUT2D eigenvalue weighted by atomic mass is 10.2. The summed E-state index contributed by atoms with van der Waals surface area (Å²) in [6.45, 7) is -0.321. The Labute approximate surface area is 120 Å². The Morgan fingerprint density at radius 1 is 1.25 bits per heavy atom. The highest BCUT2D eigenvalue weighted by atomic mass is 32.2. The van der Waals surface area contributed by atoms with Gasteiger partial charge in [0.25, 0.3) is 5.69 Å². The zero-order valence-corrected chi connectivity index (χ0v) is 11.6. The van der Waals surface area contributed by atoms with Crippen molar-refractivity contribution in [1.82, 2.24) is 0 Å². The SMILES string of the molecule is CSc1ccccc1Oc1ccc([N+](=O)[O-])cc1CO. The van der Waals surface area contributed by atoms with Crippen molar-refractivity contribution in [1.29, 1.82) is 0 Å². The van der Waals surface area contributed by atoms with Crippen LogP contribution in [0.2, 0.25) is 0 Å². The minimum Gasteiger partial charge on any atom is -0.456 e. The smallest absolute Gasteiger partial charge is 0.270 e. The summed E-state index contributed by atoms with van der Waals surface area (Å²) < 4.78 is 5.75. The van der Waals surface area contributed by atoms with E-state index >= 15 is 0 Å². The molecule has 0 aliphatic heterocycles. The molecule has 0 saturated heterocycles. The number of aliphatic hydroxyl groups excluding tert-OH is 1. The van der Waals surface area contributed by atoms with Crippen LogP contribution < -0.4 is 4.74 Å². The van der Waals surface area contributed by atoms with Crippen molar-refractivity contribution < 1.29 is 14.8 Å². The molecule has 0 saturated carbocycles. The van der Waals surface area contributed by atoms with E-state index in [1.807, 2.05) is 30.5 Å². The Balaban J connectivity index is 2.36. The maximum Gasteiger partial charge on any atom is 0.270 e. The molecule has 20 heavy (non-hydrogen) atoms. The highest BCUT2D eigenvalue weighted by Gasteiger charge is 2.13. The standard InChI is InChI=1S/C14H13NO4S/c1-20-14-5-3-2-4-13(14)19-12-7-6-11(15(17)18)8-10(12)9-16/h2-8,16H,9H2,1H3. The number of hydrogen-bond acceptors (Lipinski definition) is 5. The molecular formula is C14H13NO4S. The summed E-state index contributed by atoms with van der Waals surface area (Å²) >= 11 is 1.54. The van der Waals surface area contributed by atoms with Gasteiger partial charge in [0.15, 0.2) is 0 Å². The summed E-state index contributed by atoms with van der Waals surface area (Å²) in [5, 5.41) is 20.0. The third kappa shape index (κ3) is 3.09. The molecule has 0 atom stereocenters. The molecule has 0 aliphatic rings. The quantitative estimate of drug-likeness (QED) is 0.517. The molecule has 1 N–H and O–H groups in total. The number of thioether (sulfide) groups is 1. The Morgan fingerprint density at radius 2 is 2.00 bits per heavy atom. The minimum absolute atomic E-state index is 0.0699. The van der Waals surface area contributed by atoms with Crippen LogP contribution >= 0.6 is 11.8 Å². The lowest BCUT2D eigenvalue weighted by molar-refractivity contribution is -0.385. The number of nitro benzene ring substituents is 1. The summed E-state index contributed by atoms with van der Waals surface area (Å²) in [5.41, 5.74) is 0.314. The molecule has 0 bridgehead atoms. The van der Waals surface area contributed by atoms with Crippen LogP contribution in [0.1, 0.15) is 5.56 Å². The van der Waals surface area contributed by atoms with E-state index in [9.17, 15) is 15.2 Å². The summed E-state index contributed by atoms with van der Waals surface area (Å²) in [5.74, 6) is 1.07. The van der Waals surface area contributed by atoms with Crippen LogP contribution in [-0.4, -0.2) is 16.3 Å². The Hall–Kier alpha value is -2.05. The fraction of sp³-hybridized carbons (Fsp3) is 0.143. The van der Waals surface area contributed by atoms with Gasteiger partial charge in [-0.1, -0.05) is 12.1 Å². The average molecular weight is 291 g/mol. The second-order valence-electron chi connectivity index (χ2n) is 3.96. The number of aliphatic hydroxyl groups is 1. The molecule has 0 aliphatic carbocycles. The molecule has 0 fully saturated rings. The first-order chi connectivity index (χ1) is 9.65. The van der Waals surface area contributed by atoms with Crippen molar-refractivity contribution >= 4 is 17.4 Å². The first-order valence-electron chi connectivity index (χ1n) is 5.84. The number of hydrogen-bond donors (Lipinski definition) is 1. The first kappa shape index (κ1) is 14.4. The predicted molar refractivity (Wildman–Crippen MR) is 77.3 cm³/mol. The molecule has 0 spiro atoms. The van der Waals surface area contributed by atoms with E-state index in [2.05, 4.69) is 0 Å². The maximum atomic E-state index is 10.7. The maximum absolute atomic E-state index is 10.7. The number of benzene rings is 2. The predicted octanol–water partition coefficient (Wildman–Crippen LogP) is 3.60. The Bertz CT molecular complexity index is 630. The first-order valence-corrected chi connectivity index (χ1v) is 7.07. The zero-order chi connectivity index (χ0) is 14.5. The highest BCUT2D eigenvalue weighted by molar-refractivity contribution is 7.98. The van der Waals surface area contributed by atoms with Gasteiger partial charge >= 0.3 is 0 Å². The van der Waals surface area contributed by atoms with Crippen LogP contribution in [0.5, 0.6) is 11.5 Å². The molecule has 2 aromatic carbocycles. The Kier molecular flexibility index (Phi) is 4.60. The van der Waals surface area contributed by atoms with E-state index in [1.165, 1.54) is 18.2 Å². The van der Waals surface area contributed by atoms with Gasteiger partial charge in [-0.05, 0) is 24.5 Å². The van der Waals surface area contributed by atoms with E-state index in [0.717, 1.165) is 4.90 Å². The summed E-state index contributed by atoms with van der Waals surface area (Å²) in [6, 6.07) is 11.7. The van der Waals surface area contributed by atoms with Gasteiger partial charge in [-0.3, -0.25) is 10.1 Å². The van der Waals surface area contributed by atoms with Crippen molar-refractivity contribution in [3.05, 3.63) is 58.1 Å². The molecule has 0 heterocycles. The third-order valence-corrected chi connectivity index (χ3v) is 3.49. The Morgan fingerprint density at radius 3 is 2.65 bits per heavy atom. The van der Waals surface area contributed by atoms with Crippen LogP contribution in [-0.2, 0) is 6.61 Å². The average Bonchev–Trinajstić information content (AvgIpc) is 2.48. The second-order valence-corrected chi connectivity index (χ2v) is 4.81. The summed E-state index contributed by atoms with van der Waals surface area (Å²) in [7, 11) is 0. The number of ether oxygens (including phenoxy) is 1. The van der Waals surface area contributed by atoms with Crippen LogP contribution in [0.4, 0.5) is 5.69 Å².